The van der Waals surface area contributed by atoms with E-state index in [1.807, 2.05) is 0 Å². The summed E-state index contributed by atoms with van der Waals surface area (Å²) >= 11 is 0. The second-order valence-electron chi connectivity index (χ2n) is 5.23. The van der Waals surface area contributed by atoms with E-state index >= 15 is 0 Å². The van der Waals surface area contributed by atoms with E-state index < -0.39 is 0 Å². The van der Waals surface area contributed by atoms with E-state index in [-0.39, 0.29) is 12.1 Å². The summed E-state index contributed by atoms with van der Waals surface area (Å²) in [5, 5.41) is 9.63. The van der Waals surface area contributed by atoms with Crippen LogP contribution in [0.4, 0.5) is 0 Å². The normalized spacial score (nSPS) is 39.9. The zero-order chi connectivity index (χ0) is 10.8. The van der Waals surface area contributed by atoms with Gasteiger partial charge >= 0.3 is 5.97 Å². The van der Waals surface area contributed by atoms with Gasteiger partial charge in [-0.15, -0.1) is 0 Å². The van der Waals surface area contributed by atoms with E-state index in [1.54, 1.807) is 0 Å². The molecule has 2 fully saturated rings. The van der Waals surface area contributed by atoms with Crippen molar-refractivity contribution in [3.8, 4) is 0 Å². The Morgan fingerprint density at radius 1 is 1.20 bits per heavy atom. The first-order chi connectivity index (χ1) is 7.13. The lowest BCUT2D eigenvalue weighted by molar-refractivity contribution is -0.143. The number of hydrogen-bond acceptors (Lipinski definition) is 3. The molecular weight excluding hydrogens is 192 g/mol. The molecule has 0 aromatic heterocycles. The number of carbonyl (C=O) groups is 1. The van der Waals surface area contributed by atoms with Gasteiger partial charge in [-0.25, -0.2) is 0 Å². The fraction of sp³-hybridized carbons (Fsp3) is 0.917. The van der Waals surface area contributed by atoms with Crippen LogP contribution >= 0.6 is 0 Å². The van der Waals surface area contributed by atoms with Gasteiger partial charge in [-0.3, -0.25) is 4.79 Å². The molecule has 4 atom stereocenters. The number of rotatable bonds is 2. The molecule has 86 valence electrons. The van der Waals surface area contributed by atoms with Gasteiger partial charge in [0.2, 0.25) is 0 Å². The van der Waals surface area contributed by atoms with Crippen LogP contribution in [0, 0.1) is 17.8 Å². The van der Waals surface area contributed by atoms with E-state index in [9.17, 15) is 9.90 Å². The van der Waals surface area contributed by atoms with Gasteiger partial charge in [0, 0.05) is 6.92 Å². The van der Waals surface area contributed by atoms with Gasteiger partial charge in [-0.1, -0.05) is 0 Å². The van der Waals surface area contributed by atoms with Crippen LogP contribution in [-0.4, -0.2) is 23.8 Å². The summed E-state index contributed by atoms with van der Waals surface area (Å²) in [6.45, 7) is 2.05. The number of aliphatic hydroxyl groups is 1. The summed E-state index contributed by atoms with van der Waals surface area (Å²) < 4.78 is 5.07. The Bertz CT molecular complexity index is 221. The zero-order valence-electron chi connectivity index (χ0n) is 9.32. The molecule has 3 nitrogen and oxygen atoms in total. The molecule has 2 unspecified atom stereocenters. The standard InChI is InChI=1S/C12H20O3/c1-8(13)15-7-11-3-9-2-10(4-11)6-12(14)5-9/h9-12,14H,2-7H2,1H3/t9-,10+,11?,12?. The van der Waals surface area contributed by atoms with Crippen LogP contribution < -0.4 is 0 Å². The number of aliphatic hydroxyl groups excluding tert-OH is 1. The molecule has 0 aromatic carbocycles. The number of ether oxygens (including phenoxy) is 1. The van der Waals surface area contributed by atoms with Crippen molar-refractivity contribution in [3.63, 3.8) is 0 Å². The monoisotopic (exact) mass is 212 g/mol. The number of carbonyl (C=O) groups excluding carboxylic acids is 1. The lowest BCUT2D eigenvalue weighted by atomic mass is 9.67. The minimum atomic E-state index is -0.175. The van der Waals surface area contributed by atoms with Crippen molar-refractivity contribution in [3.05, 3.63) is 0 Å². The molecule has 0 radical (unpaired) electrons. The Kier molecular flexibility index (Phi) is 3.29. The lowest BCUT2D eigenvalue weighted by Crippen LogP contribution is -2.35. The van der Waals surface area contributed by atoms with Crippen molar-refractivity contribution in [1.29, 1.82) is 0 Å². The summed E-state index contributed by atoms with van der Waals surface area (Å²) in [7, 11) is 0. The molecule has 2 aliphatic rings. The van der Waals surface area contributed by atoms with Crippen molar-refractivity contribution in [2.45, 2.75) is 45.1 Å². The van der Waals surface area contributed by atoms with Gasteiger partial charge in [0.25, 0.3) is 0 Å². The SMILES string of the molecule is CC(=O)OCC1C[C@H]2CC(O)C[C@@H](C1)C2. The summed E-state index contributed by atoms with van der Waals surface area (Å²) in [4.78, 5) is 10.7. The molecule has 0 aromatic rings. The van der Waals surface area contributed by atoms with Crippen LogP contribution in [0.15, 0.2) is 0 Å². The summed E-state index contributed by atoms with van der Waals surface area (Å²) in [6, 6.07) is 0. The molecule has 0 spiro atoms. The maximum absolute atomic E-state index is 10.7. The molecule has 2 rings (SSSR count). The average molecular weight is 212 g/mol. The minimum Gasteiger partial charge on any atom is -0.466 e. The van der Waals surface area contributed by atoms with Gasteiger partial charge in [0.15, 0.2) is 0 Å². The maximum Gasteiger partial charge on any atom is 0.302 e. The predicted molar refractivity (Wildman–Crippen MR) is 56.2 cm³/mol. The summed E-state index contributed by atoms with van der Waals surface area (Å²) in [6.07, 6.45) is 5.35. The van der Waals surface area contributed by atoms with Crippen LogP contribution in [-0.2, 0) is 9.53 Å². The third kappa shape index (κ3) is 2.94. The number of esters is 1. The van der Waals surface area contributed by atoms with E-state index in [4.69, 9.17) is 4.74 Å². The molecule has 0 heterocycles. The van der Waals surface area contributed by atoms with E-state index in [2.05, 4.69) is 0 Å². The Morgan fingerprint density at radius 3 is 2.33 bits per heavy atom. The molecule has 0 amide bonds. The fourth-order valence-electron chi connectivity index (χ4n) is 3.32. The third-order valence-corrected chi connectivity index (χ3v) is 3.73. The minimum absolute atomic E-state index is 0.0802. The molecule has 0 aliphatic heterocycles. The van der Waals surface area contributed by atoms with Crippen molar-refractivity contribution < 1.29 is 14.6 Å². The fourth-order valence-corrected chi connectivity index (χ4v) is 3.32. The topological polar surface area (TPSA) is 46.5 Å². The molecule has 1 N–H and O–H groups in total. The first-order valence-electron chi connectivity index (χ1n) is 5.95. The van der Waals surface area contributed by atoms with Crippen molar-refractivity contribution in [2.75, 3.05) is 6.61 Å². The highest BCUT2D eigenvalue weighted by Crippen LogP contribution is 2.42. The van der Waals surface area contributed by atoms with Crippen molar-refractivity contribution >= 4 is 5.97 Å². The van der Waals surface area contributed by atoms with Crippen LogP contribution in [0.1, 0.15) is 39.0 Å². The van der Waals surface area contributed by atoms with Crippen LogP contribution in [0.2, 0.25) is 0 Å². The van der Waals surface area contributed by atoms with Crippen LogP contribution in [0.3, 0.4) is 0 Å². The van der Waals surface area contributed by atoms with Crippen molar-refractivity contribution in [2.24, 2.45) is 17.8 Å². The van der Waals surface area contributed by atoms with E-state index in [0.717, 1.165) is 25.7 Å². The highest BCUT2D eigenvalue weighted by molar-refractivity contribution is 5.65. The first kappa shape index (κ1) is 10.9. The van der Waals surface area contributed by atoms with Gasteiger partial charge in [0.05, 0.1) is 12.7 Å². The zero-order valence-corrected chi connectivity index (χ0v) is 9.32. The predicted octanol–water partition coefficient (Wildman–Crippen LogP) is 1.74. The highest BCUT2D eigenvalue weighted by Gasteiger charge is 2.35. The van der Waals surface area contributed by atoms with E-state index in [1.165, 1.54) is 13.3 Å². The first-order valence-corrected chi connectivity index (χ1v) is 5.95. The number of hydrogen-bond donors (Lipinski definition) is 1. The van der Waals surface area contributed by atoms with Gasteiger partial charge < -0.3 is 9.84 Å². The van der Waals surface area contributed by atoms with Crippen molar-refractivity contribution in [1.82, 2.24) is 0 Å². The maximum atomic E-state index is 10.7. The molecule has 0 saturated heterocycles. The van der Waals surface area contributed by atoms with Crippen LogP contribution in [0.5, 0.6) is 0 Å². The molecular formula is C12H20O3. The molecule has 15 heavy (non-hydrogen) atoms. The second kappa shape index (κ2) is 4.52. The van der Waals surface area contributed by atoms with Gasteiger partial charge in [-0.05, 0) is 49.9 Å². The lowest BCUT2D eigenvalue weighted by Gasteiger charge is -2.40. The largest absolute Gasteiger partial charge is 0.466 e. The second-order valence-corrected chi connectivity index (χ2v) is 5.23. The molecule has 3 heteroatoms. The highest BCUT2D eigenvalue weighted by atomic mass is 16.5. The number of fused-ring (bicyclic) bond motifs is 2. The van der Waals surface area contributed by atoms with Gasteiger partial charge in [-0.2, -0.15) is 0 Å². The smallest absolute Gasteiger partial charge is 0.302 e. The summed E-state index contributed by atoms with van der Waals surface area (Å²) in [5.41, 5.74) is 0. The van der Waals surface area contributed by atoms with E-state index in [0.29, 0.717) is 24.4 Å². The average Bonchev–Trinajstić information content (AvgIpc) is 2.12. The molecule has 2 saturated carbocycles. The third-order valence-electron chi connectivity index (χ3n) is 3.73. The summed E-state index contributed by atoms with van der Waals surface area (Å²) in [5.74, 6) is 1.68. The Morgan fingerprint density at radius 2 is 1.80 bits per heavy atom. The van der Waals surface area contributed by atoms with Gasteiger partial charge in [0.1, 0.15) is 0 Å². The van der Waals surface area contributed by atoms with Crippen LogP contribution in [0.25, 0.3) is 0 Å². The molecule has 2 bridgehead atoms. The Balaban J connectivity index is 1.83. The Hall–Kier alpha value is -0.570. The molecule has 2 aliphatic carbocycles. The quantitative estimate of drug-likeness (QED) is 0.709. The Labute approximate surface area is 90.8 Å².